The Labute approximate surface area is 103 Å². The molecule has 1 saturated carbocycles. The Kier molecular flexibility index (Phi) is 5.32. The van der Waals surface area contributed by atoms with Gasteiger partial charge in [0.1, 0.15) is 0 Å². The highest BCUT2D eigenvalue weighted by Crippen LogP contribution is 2.36. The zero-order valence-electron chi connectivity index (χ0n) is 11.0. The zero-order valence-corrected chi connectivity index (χ0v) is 11.0. The van der Waals surface area contributed by atoms with E-state index in [1.54, 1.807) is 0 Å². The fourth-order valence-electron chi connectivity index (χ4n) is 2.31. The minimum Gasteiger partial charge on any atom is -0.356 e. The van der Waals surface area contributed by atoms with Crippen LogP contribution in [0.4, 0.5) is 0 Å². The molecule has 0 unspecified atom stereocenters. The monoisotopic (exact) mass is 244 g/mol. The number of nitrogens with zero attached hydrogens (tertiary/aromatic N) is 2. The molecule has 0 atom stereocenters. The predicted molar refractivity (Wildman–Crippen MR) is 65.8 cm³/mol. The molecule has 1 rings (SSSR count). The molecule has 0 aromatic rings. The Morgan fingerprint density at radius 2 is 2.06 bits per heavy atom. The van der Waals surface area contributed by atoms with Crippen molar-refractivity contribution >= 4 is 5.97 Å². The smallest absolute Gasteiger partial charge is 0.327 e. The Balaban J connectivity index is 2.29. The fraction of sp³-hybridized carbons (Fsp3) is 0.909. The largest absolute Gasteiger partial charge is 0.356 e. The Hall–Kier alpha value is -0.690. The average molecular weight is 244 g/mol. The van der Waals surface area contributed by atoms with E-state index in [-0.39, 0.29) is 5.97 Å². The molecule has 100 valence electrons. The molecule has 0 aliphatic heterocycles. The molecule has 3 N–H and O–H groups in total. The Morgan fingerprint density at radius 3 is 2.47 bits per heavy atom. The SMILES string of the molecule is CN(CCC(=O)ONN)CC1(N(C)C)CCC1. The van der Waals surface area contributed by atoms with Crippen LogP contribution < -0.4 is 11.4 Å². The summed E-state index contributed by atoms with van der Waals surface area (Å²) < 4.78 is 0. The van der Waals surface area contributed by atoms with Crippen LogP contribution in [0.25, 0.3) is 0 Å². The number of nitrogens with two attached hydrogens (primary N) is 1. The molecule has 0 heterocycles. The number of hydrogen-bond acceptors (Lipinski definition) is 6. The van der Waals surface area contributed by atoms with Gasteiger partial charge in [-0.25, -0.2) is 5.84 Å². The van der Waals surface area contributed by atoms with Gasteiger partial charge in [-0.2, -0.15) is 0 Å². The third kappa shape index (κ3) is 3.92. The van der Waals surface area contributed by atoms with Crippen LogP contribution in [0.5, 0.6) is 0 Å². The number of rotatable bonds is 7. The maximum Gasteiger partial charge on any atom is 0.327 e. The van der Waals surface area contributed by atoms with Crippen LogP contribution in [0.3, 0.4) is 0 Å². The summed E-state index contributed by atoms with van der Waals surface area (Å²) in [7, 11) is 6.28. The molecule has 0 saturated heterocycles. The molecule has 1 fully saturated rings. The van der Waals surface area contributed by atoms with Crippen molar-refractivity contribution in [1.82, 2.24) is 15.4 Å². The molecule has 0 bridgehead atoms. The van der Waals surface area contributed by atoms with E-state index in [9.17, 15) is 4.79 Å². The van der Waals surface area contributed by atoms with Crippen LogP contribution >= 0.6 is 0 Å². The van der Waals surface area contributed by atoms with Crippen molar-refractivity contribution in [2.75, 3.05) is 34.2 Å². The van der Waals surface area contributed by atoms with E-state index in [2.05, 4.69) is 28.7 Å². The van der Waals surface area contributed by atoms with Gasteiger partial charge in [0, 0.05) is 18.6 Å². The van der Waals surface area contributed by atoms with Crippen LogP contribution in [0.2, 0.25) is 0 Å². The highest BCUT2D eigenvalue weighted by atomic mass is 16.7. The molecule has 0 radical (unpaired) electrons. The van der Waals surface area contributed by atoms with Crippen molar-refractivity contribution in [3.8, 4) is 0 Å². The van der Waals surface area contributed by atoms with Crippen LogP contribution in [0.1, 0.15) is 25.7 Å². The lowest BCUT2D eigenvalue weighted by Gasteiger charge is -2.49. The molecule has 0 aromatic heterocycles. The highest BCUT2D eigenvalue weighted by Gasteiger charge is 2.39. The molecule has 0 amide bonds. The van der Waals surface area contributed by atoms with Crippen molar-refractivity contribution in [1.29, 1.82) is 0 Å². The van der Waals surface area contributed by atoms with E-state index >= 15 is 0 Å². The first kappa shape index (κ1) is 14.4. The normalized spacial score (nSPS) is 18.2. The Bertz CT molecular complexity index is 254. The summed E-state index contributed by atoms with van der Waals surface area (Å²) in [6.45, 7) is 1.68. The number of hydrazine groups is 1. The van der Waals surface area contributed by atoms with Gasteiger partial charge in [0.2, 0.25) is 0 Å². The second-order valence-electron chi connectivity index (χ2n) is 5.05. The van der Waals surface area contributed by atoms with Gasteiger partial charge >= 0.3 is 5.97 Å². The minimum absolute atomic E-state index is 0.296. The second-order valence-corrected chi connectivity index (χ2v) is 5.05. The third-order valence-electron chi connectivity index (χ3n) is 3.67. The second kappa shape index (κ2) is 6.30. The standard InChI is InChI=1S/C11H24N4O2/c1-14(2)11(6-4-7-11)9-15(3)8-5-10(16)17-13-12/h13H,4-9,12H2,1-3H3. The average Bonchev–Trinajstić information content (AvgIpc) is 2.20. The van der Waals surface area contributed by atoms with Crippen LogP contribution in [0.15, 0.2) is 0 Å². The van der Waals surface area contributed by atoms with Crippen LogP contribution in [-0.4, -0.2) is 55.5 Å². The molecule has 17 heavy (non-hydrogen) atoms. The number of likely N-dealkylation sites (N-methyl/N-ethyl adjacent to an activating group) is 2. The summed E-state index contributed by atoms with van der Waals surface area (Å²) in [6, 6.07) is 0. The summed E-state index contributed by atoms with van der Waals surface area (Å²) >= 11 is 0. The summed E-state index contributed by atoms with van der Waals surface area (Å²) in [4.78, 5) is 20.1. The van der Waals surface area contributed by atoms with E-state index in [0.29, 0.717) is 18.5 Å². The van der Waals surface area contributed by atoms with Crippen molar-refractivity contribution in [2.24, 2.45) is 5.84 Å². The molecule has 6 nitrogen and oxygen atoms in total. The lowest BCUT2D eigenvalue weighted by molar-refractivity contribution is -0.151. The van der Waals surface area contributed by atoms with Crippen molar-refractivity contribution in [3.63, 3.8) is 0 Å². The summed E-state index contributed by atoms with van der Waals surface area (Å²) in [5.41, 5.74) is 2.20. The lowest BCUT2D eigenvalue weighted by Crippen LogP contribution is -2.56. The van der Waals surface area contributed by atoms with Gasteiger partial charge in [-0.05, 0) is 40.4 Å². The van der Waals surface area contributed by atoms with Crippen molar-refractivity contribution < 1.29 is 9.63 Å². The number of carbonyl (C=O) groups is 1. The van der Waals surface area contributed by atoms with Gasteiger partial charge in [0.15, 0.2) is 0 Å². The number of nitrogens with one attached hydrogen (secondary N) is 1. The van der Waals surface area contributed by atoms with Crippen LogP contribution in [0, 0.1) is 0 Å². The Morgan fingerprint density at radius 1 is 1.41 bits per heavy atom. The first-order valence-electron chi connectivity index (χ1n) is 6.01. The molecular formula is C11H24N4O2. The zero-order chi connectivity index (χ0) is 12.9. The fourth-order valence-corrected chi connectivity index (χ4v) is 2.31. The van der Waals surface area contributed by atoms with Gasteiger partial charge in [-0.15, -0.1) is 0 Å². The van der Waals surface area contributed by atoms with Crippen molar-refractivity contribution in [3.05, 3.63) is 0 Å². The predicted octanol–water partition coefficient (Wildman–Crippen LogP) is -0.286. The van der Waals surface area contributed by atoms with Gasteiger partial charge < -0.3 is 14.6 Å². The summed E-state index contributed by atoms with van der Waals surface area (Å²) in [5.74, 6) is 4.57. The quantitative estimate of drug-likeness (QED) is 0.474. The van der Waals surface area contributed by atoms with E-state index in [4.69, 9.17) is 5.84 Å². The molecule has 0 aromatic carbocycles. The minimum atomic E-state index is -0.327. The number of carbonyl (C=O) groups excluding carboxylic acids is 1. The van der Waals surface area contributed by atoms with Gasteiger partial charge in [-0.1, -0.05) is 5.59 Å². The van der Waals surface area contributed by atoms with E-state index in [1.165, 1.54) is 19.3 Å². The van der Waals surface area contributed by atoms with E-state index in [1.807, 2.05) is 12.6 Å². The topological polar surface area (TPSA) is 70.8 Å². The molecular weight excluding hydrogens is 220 g/mol. The molecule has 0 spiro atoms. The van der Waals surface area contributed by atoms with E-state index in [0.717, 1.165) is 6.54 Å². The molecule has 1 aliphatic rings. The summed E-state index contributed by atoms with van der Waals surface area (Å²) in [5, 5.41) is 0. The molecule has 6 heteroatoms. The van der Waals surface area contributed by atoms with Gasteiger partial charge in [0.25, 0.3) is 0 Å². The molecule has 1 aliphatic carbocycles. The lowest BCUT2D eigenvalue weighted by atomic mass is 9.75. The van der Waals surface area contributed by atoms with Crippen LogP contribution in [-0.2, 0) is 9.63 Å². The third-order valence-corrected chi connectivity index (χ3v) is 3.67. The first-order chi connectivity index (χ1) is 8.00. The van der Waals surface area contributed by atoms with Crippen molar-refractivity contribution in [2.45, 2.75) is 31.2 Å². The van der Waals surface area contributed by atoms with Gasteiger partial charge in [-0.3, -0.25) is 4.79 Å². The highest BCUT2D eigenvalue weighted by molar-refractivity contribution is 5.69. The maximum atomic E-state index is 11.1. The van der Waals surface area contributed by atoms with Gasteiger partial charge in [0.05, 0.1) is 6.42 Å². The van der Waals surface area contributed by atoms with E-state index < -0.39 is 0 Å². The number of hydrogen-bond donors (Lipinski definition) is 2. The summed E-state index contributed by atoms with van der Waals surface area (Å²) in [6.07, 6.45) is 4.12. The first-order valence-corrected chi connectivity index (χ1v) is 6.01. The maximum absolute atomic E-state index is 11.1.